The average molecular weight is 513 g/mol. The molecule has 0 amide bonds. The van der Waals surface area contributed by atoms with E-state index < -0.39 is 0 Å². The van der Waals surface area contributed by atoms with Crippen LogP contribution in [0.3, 0.4) is 0 Å². The largest absolute Gasteiger partial charge is 0.289 e. The van der Waals surface area contributed by atoms with Crippen molar-refractivity contribution in [2.45, 2.75) is 12.8 Å². The molecule has 0 aromatic heterocycles. The van der Waals surface area contributed by atoms with Crippen molar-refractivity contribution in [3.8, 4) is 44.5 Å². The van der Waals surface area contributed by atoms with E-state index in [2.05, 4.69) is 121 Å². The lowest BCUT2D eigenvalue weighted by molar-refractivity contribution is 0.103. The zero-order valence-electron chi connectivity index (χ0n) is 22.2. The van der Waals surface area contributed by atoms with E-state index in [0.717, 1.165) is 57.3 Å². The highest BCUT2D eigenvalue weighted by Gasteiger charge is 2.24. The summed E-state index contributed by atoms with van der Waals surface area (Å²) >= 11 is 0. The molecule has 6 aromatic carbocycles. The van der Waals surface area contributed by atoms with Gasteiger partial charge in [0.1, 0.15) is 0 Å². The van der Waals surface area contributed by atoms with Crippen molar-refractivity contribution in [2.75, 3.05) is 0 Å². The topological polar surface area (TPSA) is 17.1 Å². The van der Waals surface area contributed by atoms with Crippen LogP contribution >= 0.6 is 0 Å². The van der Waals surface area contributed by atoms with Crippen LogP contribution in [-0.2, 0) is 12.8 Å². The number of benzene rings is 6. The van der Waals surface area contributed by atoms with Gasteiger partial charge in [-0.05, 0) is 86.7 Å². The van der Waals surface area contributed by atoms with E-state index in [1.165, 1.54) is 22.3 Å². The van der Waals surface area contributed by atoms with Gasteiger partial charge >= 0.3 is 0 Å². The minimum absolute atomic E-state index is 0.115. The summed E-state index contributed by atoms with van der Waals surface area (Å²) in [6, 6.07) is 50.7. The molecule has 1 aliphatic carbocycles. The lowest BCUT2D eigenvalue weighted by Crippen LogP contribution is -2.05. The highest BCUT2D eigenvalue weighted by Crippen LogP contribution is 2.36. The number of hydrogen-bond donors (Lipinski definition) is 0. The molecule has 0 bridgehead atoms. The molecule has 1 heteroatoms. The molecule has 0 saturated heterocycles. The molecule has 6 aromatic rings. The Hall–Kier alpha value is -5.01. The molecule has 0 aliphatic heterocycles. The molecule has 0 heterocycles. The van der Waals surface area contributed by atoms with Gasteiger partial charge in [-0.1, -0.05) is 127 Å². The third-order valence-electron chi connectivity index (χ3n) is 8.00. The predicted molar refractivity (Wildman–Crippen MR) is 165 cm³/mol. The minimum Gasteiger partial charge on any atom is -0.289 e. The summed E-state index contributed by atoms with van der Waals surface area (Å²) in [6.45, 7) is 0. The summed E-state index contributed by atoms with van der Waals surface area (Å²) in [7, 11) is 0. The Balaban J connectivity index is 1.27. The van der Waals surface area contributed by atoms with Crippen LogP contribution in [0.15, 0.2) is 146 Å². The van der Waals surface area contributed by atoms with Crippen LogP contribution in [0.4, 0.5) is 0 Å². The molecule has 0 unspecified atom stereocenters. The van der Waals surface area contributed by atoms with Crippen LogP contribution in [0.1, 0.15) is 27.0 Å². The maximum Gasteiger partial charge on any atom is 0.193 e. The van der Waals surface area contributed by atoms with Crippen LogP contribution in [-0.4, -0.2) is 5.78 Å². The Morgan fingerprint density at radius 2 is 0.850 bits per heavy atom. The number of carbonyl (C=O) groups is 1. The lowest BCUT2D eigenvalue weighted by atomic mass is 9.90. The molecule has 0 atom stereocenters. The smallest absolute Gasteiger partial charge is 0.193 e. The van der Waals surface area contributed by atoms with E-state index in [-0.39, 0.29) is 5.78 Å². The summed E-state index contributed by atoms with van der Waals surface area (Å²) in [5.74, 6) is 0.115. The van der Waals surface area contributed by atoms with Gasteiger partial charge in [0.05, 0.1) is 0 Å². The Morgan fingerprint density at radius 1 is 0.350 bits per heavy atom. The Labute approximate surface area is 235 Å². The van der Waals surface area contributed by atoms with Gasteiger partial charge in [-0.3, -0.25) is 4.79 Å². The molecular formula is C39H28O. The van der Waals surface area contributed by atoms with Gasteiger partial charge in [0.2, 0.25) is 0 Å². The molecular weight excluding hydrogens is 484 g/mol. The van der Waals surface area contributed by atoms with Crippen LogP contribution < -0.4 is 0 Å². The molecule has 40 heavy (non-hydrogen) atoms. The molecule has 7 rings (SSSR count). The van der Waals surface area contributed by atoms with Crippen molar-refractivity contribution in [1.82, 2.24) is 0 Å². The van der Waals surface area contributed by atoms with Crippen LogP contribution in [0.25, 0.3) is 44.5 Å². The molecule has 190 valence electrons. The average Bonchev–Trinajstić information content (AvgIpc) is 3.18. The Bertz CT molecular complexity index is 1840. The van der Waals surface area contributed by atoms with Gasteiger partial charge in [-0.25, -0.2) is 0 Å². The van der Waals surface area contributed by atoms with Crippen molar-refractivity contribution in [3.63, 3.8) is 0 Å². The third-order valence-corrected chi connectivity index (χ3v) is 8.00. The van der Waals surface area contributed by atoms with E-state index >= 15 is 0 Å². The second kappa shape index (κ2) is 10.3. The number of carbonyl (C=O) groups excluding carboxylic acids is 1. The van der Waals surface area contributed by atoms with Gasteiger partial charge in [0, 0.05) is 11.1 Å². The van der Waals surface area contributed by atoms with Gasteiger partial charge in [0.25, 0.3) is 0 Å². The summed E-state index contributed by atoms with van der Waals surface area (Å²) in [5, 5.41) is 0. The van der Waals surface area contributed by atoms with Crippen molar-refractivity contribution in [3.05, 3.63) is 168 Å². The van der Waals surface area contributed by atoms with Crippen molar-refractivity contribution < 1.29 is 4.79 Å². The standard InChI is InChI=1S/C39H28O/c40-39-37-19-9-18-35(34-17-8-15-31(25-34)28-12-5-2-6-13-28)36(37)23-22-29-20-21-33(26-38(29)39)32-16-7-14-30(24-32)27-10-3-1-4-11-27/h1-21,24-26H,22-23H2. The fourth-order valence-electron chi connectivity index (χ4n) is 5.94. The van der Waals surface area contributed by atoms with E-state index in [1.807, 2.05) is 24.3 Å². The van der Waals surface area contributed by atoms with Gasteiger partial charge in [0.15, 0.2) is 5.78 Å². The van der Waals surface area contributed by atoms with Crippen LogP contribution in [0.5, 0.6) is 0 Å². The first-order valence-electron chi connectivity index (χ1n) is 13.9. The van der Waals surface area contributed by atoms with E-state index in [0.29, 0.717) is 0 Å². The zero-order chi connectivity index (χ0) is 26.9. The highest BCUT2D eigenvalue weighted by molar-refractivity contribution is 6.12. The summed E-state index contributed by atoms with van der Waals surface area (Å²) in [4.78, 5) is 14.1. The summed E-state index contributed by atoms with van der Waals surface area (Å²) < 4.78 is 0. The minimum atomic E-state index is 0.115. The molecule has 1 aliphatic rings. The fourth-order valence-corrected chi connectivity index (χ4v) is 5.94. The summed E-state index contributed by atoms with van der Waals surface area (Å²) in [5.41, 5.74) is 13.1. The third kappa shape index (κ3) is 4.46. The van der Waals surface area contributed by atoms with Crippen LogP contribution in [0.2, 0.25) is 0 Å². The quantitative estimate of drug-likeness (QED) is 0.230. The van der Waals surface area contributed by atoms with E-state index in [9.17, 15) is 4.79 Å². The lowest BCUT2D eigenvalue weighted by Gasteiger charge is -2.13. The number of fused-ring (bicyclic) bond motifs is 2. The molecule has 0 fully saturated rings. The summed E-state index contributed by atoms with van der Waals surface area (Å²) in [6.07, 6.45) is 1.68. The SMILES string of the molecule is O=C1c2cc(-c3cccc(-c4ccccc4)c3)ccc2CCc2c1cccc2-c1cccc(-c2ccccc2)c1. The molecule has 0 N–H and O–H groups in total. The molecule has 1 nitrogen and oxygen atoms in total. The van der Waals surface area contributed by atoms with Gasteiger partial charge < -0.3 is 0 Å². The number of rotatable bonds is 4. The first kappa shape index (κ1) is 24.1. The number of hydrogen-bond acceptors (Lipinski definition) is 1. The van der Waals surface area contributed by atoms with Crippen molar-refractivity contribution in [1.29, 1.82) is 0 Å². The van der Waals surface area contributed by atoms with Gasteiger partial charge in [-0.15, -0.1) is 0 Å². The maximum absolute atomic E-state index is 14.1. The zero-order valence-corrected chi connectivity index (χ0v) is 22.2. The number of ketones is 1. The van der Waals surface area contributed by atoms with Crippen molar-refractivity contribution in [2.24, 2.45) is 0 Å². The highest BCUT2D eigenvalue weighted by atomic mass is 16.1. The Morgan fingerprint density at radius 3 is 1.52 bits per heavy atom. The second-order valence-electron chi connectivity index (χ2n) is 10.4. The number of aryl methyl sites for hydroxylation is 1. The van der Waals surface area contributed by atoms with Gasteiger partial charge in [-0.2, -0.15) is 0 Å². The van der Waals surface area contributed by atoms with Crippen molar-refractivity contribution >= 4 is 5.78 Å². The normalized spacial score (nSPS) is 12.3. The first-order valence-corrected chi connectivity index (χ1v) is 13.9. The second-order valence-corrected chi connectivity index (χ2v) is 10.4. The predicted octanol–water partition coefficient (Wildman–Crippen LogP) is 9.68. The fraction of sp³-hybridized carbons (Fsp3) is 0.0513. The molecule has 0 radical (unpaired) electrons. The molecule has 0 saturated carbocycles. The monoisotopic (exact) mass is 512 g/mol. The maximum atomic E-state index is 14.1. The van der Waals surface area contributed by atoms with Crippen LogP contribution in [0, 0.1) is 0 Å². The van der Waals surface area contributed by atoms with E-state index in [1.54, 1.807) is 0 Å². The Kier molecular flexibility index (Phi) is 6.18. The first-order chi connectivity index (χ1) is 19.7. The molecule has 0 spiro atoms. The van der Waals surface area contributed by atoms with E-state index in [4.69, 9.17) is 0 Å².